The van der Waals surface area contributed by atoms with Gasteiger partial charge in [0.15, 0.2) is 0 Å². The summed E-state index contributed by atoms with van der Waals surface area (Å²) < 4.78 is 11.4. The standard InChI is InChI=1S/C15H22N2O5/c16-15(20)10-1-3-12(4-2-10)22-14-5-6-21-9-13(14)17-11(7-18)8-19/h1-4,11,13-14,17-19H,5-9H2,(H2,16,20)/t13-,14-/m1/s1. The Hall–Kier alpha value is -1.67. The van der Waals surface area contributed by atoms with Crippen molar-refractivity contribution in [1.82, 2.24) is 5.32 Å². The molecule has 122 valence electrons. The fraction of sp³-hybridized carbons (Fsp3) is 0.533. The number of carbonyl (C=O) groups is 1. The van der Waals surface area contributed by atoms with Crippen LogP contribution in [0, 0.1) is 0 Å². The van der Waals surface area contributed by atoms with Gasteiger partial charge in [-0.25, -0.2) is 0 Å². The van der Waals surface area contributed by atoms with Crippen LogP contribution in [0.15, 0.2) is 24.3 Å². The molecule has 1 fully saturated rings. The molecule has 0 spiro atoms. The van der Waals surface area contributed by atoms with Gasteiger partial charge in [0, 0.05) is 12.0 Å². The third-order valence-corrected chi connectivity index (χ3v) is 3.61. The summed E-state index contributed by atoms with van der Waals surface area (Å²) in [6.45, 7) is 0.714. The van der Waals surface area contributed by atoms with Crippen molar-refractivity contribution in [2.75, 3.05) is 26.4 Å². The number of carbonyl (C=O) groups excluding carboxylic acids is 1. The smallest absolute Gasteiger partial charge is 0.248 e. The molecule has 0 unspecified atom stereocenters. The minimum Gasteiger partial charge on any atom is -0.489 e. The summed E-state index contributed by atoms with van der Waals surface area (Å²) in [5, 5.41) is 21.5. The van der Waals surface area contributed by atoms with Gasteiger partial charge in [-0.2, -0.15) is 0 Å². The molecule has 1 heterocycles. The first-order valence-electron chi connectivity index (χ1n) is 7.26. The van der Waals surface area contributed by atoms with Crippen molar-refractivity contribution in [3.05, 3.63) is 29.8 Å². The molecule has 1 aliphatic heterocycles. The highest BCUT2D eigenvalue weighted by Crippen LogP contribution is 2.19. The maximum absolute atomic E-state index is 11.0. The van der Waals surface area contributed by atoms with Gasteiger partial charge in [0.2, 0.25) is 5.91 Å². The van der Waals surface area contributed by atoms with Crippen molar-refractivity contribution in [2.45, 2.75) is 24.6 Å². The average Bonchev–Trinajstić information content (AvgIpc) is 2.54. The first kappa shape index (κ1) is 16.7. The van der Waals surface area contributed by atoms with E-state index in [4.69, 9.17) is 25.4 Å². The number of nitrogens with one attached hydrogen (secondary N) is 1. The van der Waals surface area contributed by atoms with Gasteiger partial charge >= 0.3 is 0 Å². The van der Waals surface area contributed by atoms with E-state index in [1.807, 2.05) is 0 Å². The zero-order valence-corrected chi connectivity index (χ0v) is 12.3. The van der Waals surface area contributed by atoms with Gasteiger partial charge in [-0.1, -0.05) is 0 Å². The van der Waals surface area contributed by atoms with E-state index in [-0.39, 0.29) is 25.4 Å². The molecule has 5 N–H and O–H groups in total. The van der Waals surface area contributed by atoms with Crippen LogP contribution in [-0.2, 0) is 4.74 Å². The van der Waals surface area contributed by atoms with Crippen molar-refractivity contribution in [3.63, 3.8) is 0 Å². The summed E-state index contributed by atoms with van der Waals surface area (Å²) in [5.74, 6) is 0.152. The molecule has 1 saturated heterocycles. The summed E-state index contributed by atoms with van der Waals surface area (Å²) in [4.78, 5) is 11.0. The third-order valence-electron chi connectivity index (χ3n) is 3.61. The van der Waals surface area contributed by atoms with Crippen LogP contribution in [0.4, 0.5) is 0 Å². The predicted octanol–water partition coefficient (Wildman–Crippen LogP) is -0.735. The number of hydrogen-bond donors (Lipinski definition) is 4. The highest BCUT2D eigenvalue weighted by Gasteiger charge is 2.29. The molecule has 7 nitrogen and oxygen atoms in total. The van der Waals surface area contributed by atoms with Crippen LogP contribution in [0.3, 0.4) is 0 Å². The summed E-state index contributed by atoms with van der Waals surface area (Å²) in [6.07, 6.45) is 0.549. The molecule has 1 aliphatic rings. The zero-order chi connectivity index (χ0) is 15.9. The average molecular weight is 310 g/mol. The molecule has 0 radical (unpaired) electrons. The van der Waals surface area contributed by atoms with E-state index in [1.54, 1.807) is 24.3 Å². The van der Waals surface area contributed by atoms with Crippen LogP contribution in [0.25, 0.3) is 0 Å². The second kappa shape index (κ2) is 8.09. The summed E-state index contributed by atoms with van der Waals surface area (Å²) in [7, 11) is 0. The molecule has 22 heavy (non-hydrogen) atoms. The number of benzene rings is 1. The molecule has 2 atom stereocenters. The largest absolute Gasteiger partial charge is 0.489 e. The Morgan fingerprint density at radius 3 is 2.64 bits per heavy atom. The quantitative estimate of drug-likeness (QED) is 0.528. The minimum absolute atomic E-state index is 0.131. The Morgan fingerprint density at radius 2 is 2.05 bits per heavy atom. The van der Waals surface area contributed by atoms with Gasteiger partial charge in [-0.3, -0.25) is 4.79 Å². The number of aliphatic hydroxyl groups excluding tert-OH is 2. The molecule has 1 aromatic carbocycles. The van der Waals surface area contributed by atoms with Crippen molar-refractivity contribution < 1.29 is 24.5 Å². The number of nitrogens with two attached hydrogens (primary N) is 1. The number of amides is 1. The topological polar surface area (TPSA) is 114 Å². The van der Waals surface area contributed by atoms with Crippen LogP contribution >= 0.6 is 0 Å². The minimum atomic E-state index is -0.481. The number of rotatable bonds is 7. The molecule has 1 amide bonds. The lowest BCUT2D eigenvalue weighted by molar-refractivity contribution is -0.0128. The first-order chi connectivity index (χ1) is 10.6. The van der Waals surface area contributed by atoms with Crippen LogP contribution < -0.4 is 15.8 Å². The van der Waals surface area contributed by atoms with E-state index in [0.29, 0.717) is 30.9 Å². The Bertz CT molecular complexity index is 475. The lowest BCUT2D eigenvalue weighted by atomic mass is 10.1. The lowest BCUT2D eigenvalue weighted by Gasteiger charge is -2.34. The maximum Gasteiger partial charge on any atom is 0.248 e. The highest BCUT2D eigenvalue weighted by molar-refractivity contribution is 5.92. The van der Waals surface area contributed by atoms with Gasteiger partial charge < -0.3 is 30.7 Å². The van der Waals surface area contributed by atoms with Gasteiger partial charge in [0.25, 0.3) is 0 Å². The highest BCUT2D eigenvalue weighted by atomic mass is 16.5. The molecular weight excluding hydrogens is 288 g/mol. The second-order valence-electron chi connectivity index (χ2n) is 5.24. The zero-order valence-electron chi connectivity index (χ0n) is 12.3. The Kier molecular flexibility index (Phi) is 6.14. The normalized spacial score (nSPS) is 21.8. The monoisotopic (exact) mass is 310 g/mol. The van der Waals surface area contributed by atoms with Crippen molar-refractivity contribution >= 4 is 5.91 Å². The van der Waals surface area contributed by atoms with E-state index in [9.17, 15) is 4.79 Å². The second-order valence-corrected chi connectivity index (χ2v) is 5.24. The van der Waals surface area contributed by atoms with Gasteiger partial charge in [-0.15, -0.1) is 0 Å². The summed E-state index contributed by atoms with van der Waals surface area (Å²) in [5.41, 5.74) is 5.63. The van der Waals surface area contributed by atoms with E-state index in [1.165, 1.54) is 0 Å². The fourth-order valence-electron chi connectivity index (χ4n) is 2.35. The molecule has 7 heteroatoms. The van der Waals surface area contributed by atoms with Crippen LogP contribution in [-0.4, -0.2) is 60.7 Å². The van der Waals surface area contributed by atoms with Gasteiger partial charge in [0.05, 0.1) is 38.5 Å². The Labute approximate surface area is 129 Å². The molecule has 2 rings (SSSR count). The SMILES string of the molecule is NC(=O)c1ccc(O[C@@H]2CCOC[C@H]2NC(CO)CO)cc1. The summed E-state index contributed by atoms with van der Waals surface area (Å²) in [6, 6.07) is 6.08. The number of ether oxygens (including phenoxy) is 2. The molecule has 0 aliphatic carbocycles. The Morgan fingerprint density at radius 1 is 1.36 bits per heavy atom. The van der Waals surface area contributed by atoms with Gasteiger partial charge in [-0.05, 0) is 24.3 Å². The predicted molar refractivity (Wildman–Crippen MR) is 79.7 cm³/mol. The van der Waals surface area contributed by atoms with Crippen LogP contribution in [0.2, 0.25) is 0 Å². The van der Waals surface area contributed by atoms with E-state index in [0.717, 1.165) is 0 Å². The first-order valence-corrected chi connectivity index (χ1v) is 7.26. The lowest BCUT2D eigenvalue weighted by Crippen LogP contribution is -2.54. The van der Waals surface area contributed by atoms with E-state index < -0.39 is 11.9 Å². The number of primary amides is 1. The fourth-order valence-corrected chi connectivity index (χ4v) is 2.35. The molecule has 0 bridgehead atoms. The van der Waals surface area contributed by atoms with Crippen LogP contribution in [0.1, 0.15) is 16.8 Å². The van der Waals surface area contributed by atoms with Gasteiger partial charge in [0.1, 0.15) is 11.9 Å². The third kappa shape index (κ3) is 4.41. The number of aliphatic hydroxyl groups is 2. The summed E-state index contributed by atoms with van der Waals surface area (Å²) >= 11 is 0. The van der Waals surface area contributed by atoms with E-state index >= 15 is 0 Å². The molecule has 0 saturated carbocycles. The molecule has 0 aromatic heterocycles. The van der Waals surface area contributed by atoms with Crippen molar-refractivity contribution in [2.24, 2.45) is 5.73 Å². The van der Waals surface area contributed by atoms with Crippen molar-refractivity contribution in [1.29, 1.82) is 0 Å². The van der Waals surface area contributed by atoms with Crippen molar-refractivity contribution in [3.8, 4) is 5.75 Å². The Balaban J connectivity index is 1.99. The van der Waals surface area contributed by atoms with Crippen LogP contribution in [0.5, 0.6) is 5.75 Å². The maximum atomic E-state index is 11.0. The van der Waals surface area contributed by atoms with E-state index in [2.05, 4.69) is 5.32 Å². The molecular formula is C15H22N2O5. The number of hydrogen-bond acceptors (Lipinski definition) is 6. The molecule has 1 aromatic rings.